The second-order valence-corrected chi connectivity index (χ2v) is 3.79. The van der Waals surface area contributed by atoms with Crippen LogP contribution < -0.4 is 5.32 Å². The molecule has 1 atom stereocenters. The highest BCUT2D eigenvalue weighted by Crippen LogP contribution is 2.12. The first kappa shape index (κ1) is 12.3. The maximum atomic E-state index is 10.6. The summed E-state index contributed by atoms with van der Waals surface area (Å²) in [6, 6.07) is 7.13. The highest BCUT2D eigenvalue weighted by Gasteiger charge is 2.03. The molecule has 0 aliphatic heterocycles. The van der Waals surface area contributed by atoms with E-state index in [-0.39, 0.29) is 0 Å². The van der Waals surface area contributed by atoms with Gasteiger partial charge in [-0.2, -0.15) is 0 Å². The monoisotopic (exact) mass is 219 g/mol. The lowest BCUT2D eigenvalue weighted by Crippen LogP contribution is -2.14. The summed E-state index contributed by atoms with van der Waals surface area (Å²) >= 11 is 0. The Balaban J connectivity index is 2.54. The van der Waals surface area contributed by atoms with Gasteiger partial charge >= 0.3 is 5.97 Å². The molecule has 2 N–H and O–H groups in total. The lowest BCUT2D eigenvalue weighted by atomic mass is 10.1. The molecule has 1 unspecified atom stereocenters. The van der Waals surface area contributed by atoms with Crippen LogP contribution in [0.25, 0.3) is 0 Å². The molecule has 0 aliphatic rings. The van der Waals surface area contributed by atoms with Crippen molar-refractivity contribution < 1.29 is 9.90 Å². The Bertz CT molecular complexity index is 357. The van der Waals surface area contributed by atoms with E-state index in [4.69, 9.17) is 5.11 Å². The average Bonchev–Trinajstić information content (AvgIpc) is 2.27. The number of hydrogen-bond donors (Lipinski definition) is 2. The summed E-state index contributed by atoms with van der Waals surface area (Å²) in [7, 11) is 0. The van der Waals surface area contributed by atoms with Gasteiger partial charge in [0.2, 0.25) is 0 Å². The zero-order valence-corrected chi connectivity index (χ0v) is 9.44. The quantitative estimate of drug-likeness (QED) is 0.722. The molecule has 0 saturated carbocycles. The van der Waals surface area contributed by atoms with Gasteiger partial charge in [-0.3, -0.25) is 0 Å². The third-order valence-corrected chi connectivity index (χ3v) is 2.35. The van der Waals surface area contributed by atoms with Gasteiger partial charge < -0.3 is 10.4 Å². The van der Waals surface area contributed by atoms with E-state index < -0.39 is 5.97 Å². The number of rotatable bonds is 6. The number of carbonyl (C=O) groups is 1. The standard InChI is InChI=1S/C13H17NO2/c1-3-4-5-10(2)14-12-8-6-11(7-9-12)13(15)16/h3,6-10,14H,1,4-5H2,2H3,(H,15,16). The van der Waals surface area contributed by atoms with Crippen molar-refractivity contribution in [1.82, 2.24) is 0 Å². The molecule has 0 saturated heterocycles. The number of carboxylic acids is 1. The molecule has 16 heavy (non-hydrogen) atoms. The Morgan fingerprint density at radius 3 is 2.62 bits per heavy atom. The molecule has 3 heteroatoms. The third-order valence-electron chi connectivity index (χ3n) is 2.35. The van der Waals surface area contributed by atoms with E-state index in [1.165, 1.54) is 0 Å². The lowest BCUT2D eigenvalue weighted by molar-refractivity contribution is 0.0697. The summed E-state index contributed by atoms with van der Waals surface area (Å²) < 4.78 is 0. The van der Waals surface area contributed by atoms with E-state index in [1.54, 1.807) is 24.3 Å². The van der Waals surface area contributed by atoms with Crippen molar-refractivity contribution in [2.24, 2.45) is 0 Å². The minimum atomic E-state index is -0.897. The zero-order valence-electron chi connectivity index (χ0n) is 9.44. The van der Waals surface area contributed by atoms with Gasteiger partial charge in [0.05, 0.1) is 5.56 Å². The largest absolute Gasteiger partial charge is 0.478 e. The van der Waals surface area contributed by atoms with Crippen molar-refractivity contribution >= 4 is 11.7 Å². The first-order valence-electron chi connectivity index (χ1n) is 5.34. The van der Waals surface area contributed by atoms with E-state index in [0.717, 1.165) is 18.5 Å². The van der Waals surface area contributed by atoms with Crippen LogP contribution in [0.4, 0.5) is 5.69 Å². The molecule has 0 spiro atoms. The summed E-state index contributed by atoms with van der Waals surface area (Å²) in [5.74, 6) is -0.897. The number of nitrogens with one attached hydrogen (secondary N) is 1. The van der Waals surface area contributed by atoms with Crippen molar-refractivity contribution in [3.8, 4) is 0 Å². The predicted octanol–water partition coefficient (Wildman–Crippen LogP) is 3.15. The van der Waals surface area contributed by atoms with Crippen molar-refractivity contribution in [1.29, 1.82) is 0 Å². The normalized spacial score (nSPS) is 11.8. The van der Waals surface area contributed by atoms with Crippen molar-refractivity contribution in [3.05, 3.63) is 42.5 Å². The smallest absolute Gasteiger partial charge is 0.335 e. The molecule has 0 aromatic heterocycles. The summed E-state index contributed by atoms with van der Waals surface area (Å²) in [5, 5.41) is 12.0. The lowest BCUT2D eigenvalue weighted by Gasteiger charge is -2.14. The van der Waals surface area contributed by atoms with E-state index in [9.17, 15) is 4.79 Å². The van der Waals surface area contributed by atoms with E-state index in [1.807, 2.05) is 6.08 Å². The molecular formula is C13H17NO2. The van der Waals surface area contributed by atoms with Crippen molar-refractivity contribution in [2.45, 2.75) is 25.8 Å². The fraction of sp³-hybridized carbons (Fsp3) is 0.308. The second kappa shape index (κ2) is 5.95. The van der Waals surface area contributed by atoms with Crippen molar-refractivity contribution in [3.63, 3.8) is 0 Å². The molecule has 3 nitrogen and oxygen atoms in total. The second-order valence-electron chi connectivity index (χ2n) is 3.79. The molecule has 1 aromatic rings. The molecule has 0 amide bonds. The zero-order chi connectivity index (χ0) is 12.0. The molecule has 1 rings (SSSR count). The summed E-state index contributed by atoms with van der Waals surface area (Å²) in [4.78, 5) is 10.6. The molecule has 86 valence electrons. The van der Waals surface area contributed by atoms with Gasteiger partial charge in [0, 0.05) is 11.7 Å². The molecule has 1 aromatic carbocycles. The van der Waals surface area contributed by atoms with Crippen molar-refractivity contribution in [2.75, 3.05) is 5.32 Å². The summed E-state index contributed by atoms with van der Waals surface area (Å²) in [6.45, 7) is 5.77. The van der Waals surface area contributed by atoms with Crippen LogP contribution in [0.5, 0.6) is 0 Å². The van der Waals surface area contributed by atoms with Crippen LogP contribution in [-0.2, 0) is 0 Å². The molecule has 0 bridgehead atoms. The predicted molar refractivity (Wildman–Crippen MR) is 65.9 cm³/mol. The Hall–Kier alpha value is -1.77. The van der Waals surface area contributed by atoms with Crippen LogP contribution >= 0.6 is 0 Å². The minimum absolute atomic E-state index is 0.310. The fourth-order valence-corrected chi connectivity index (χ4v) is 1.43. The maximum absolute atomic E-state index is 10.6. The number of anilines is 1. The number of aromatic carboxylic acids is 1. The Kier molecular flexibility index (Phi) is 4.58. The molecule has 0 radical (unpaired) electrons. The third kappa shape index (κ3) is 3.77. The van der Waals surface area contributed by atoms with Gasteiger partial charge in [-0.05, 0) is 44.0 Å². The first-order valence-corrected chi connectivity index (χ1v) is 5.34. The molecule has 0 aliphatic carbocycles. The Morgan fingerprint density at radius 1 is 1.50 bits per heavy atom. The highest BCUT2D eigenvalue weighted by atomic mass is 16.4. The van der Waals surface area contributed by atoms with Gasteiger partial charge in [0.25, 0.3) is 0 Å². The number of benzene rings is 1. The maximum Gasteiger partial charge on any atom is 0.335 e. The molecule has 0 heterocycles. The van der Waals surface area contributed by atoms with Gasteiger partial charge in [-0.15, -0.1) is 6.58 Å². The average molecular weight is 219 g/mol. The number of hydrogen-bond acceptors (Lipinski definition) is 2. The van der Waals surface area contributed by atoms with Crippen LogP contribution in [0, 0.1) is 0 Å². The van der Waals surface area contributed by atoms with Crippen LogP contribution in [0.3, 0.4) is 0 Å². The first-order chi connectivity index (χ1) is 7.63. The Morgan fingerprint density at radius 2 is 2.12 bits per heavy atom. The fourth-order valence-electron chi connectivity index (χ4n) is 1.43. The van der Waals surface area contributed by atoms with Gasteiger partial charge in [0.15, 0.2) is 0 Å². The summed E-state index contributed by atoms with van der Waals surface area (Å²) in [6.07, 6.45) is 3.89. The molecule has 0 fully saturated rings. The van der Waals surface area contributed by atoms with E-state index >= 15 is 0 Å². The van der Waals surface area contributed by atoms with Gasteiger partial charge in [-0.25, -0.2) is 4.79 Å². The van der Waals surface area contributed by atoms with Crippen LogP contribution in [0.2, 0.25) is 0 Å². The van der Waals surface area contributed by atoms with Crippen LogP contribution in [0.1, 0.15) is 30.1 Å². The van der Waals surface area contributed by atoms with Gasteiger partial charge in [0.1, 0.15) is 0 Å². The minimum Gasteiger partial charge on any atom is -0.478 e. The van der Waals surface area contributed by atoms with Crippen LogP contribution in [-0.4, -0.2) is 17.1 Å². The Labute approximate surface area is 95.8 Å². The van der Waals surface area contributed by atoms with Crippen LogP contribution in [0.15, 0.2) is 36.9 Å². The summed E-state index contributed by atoms with van der Waals surface area (Å²) in [5.41, 5.74) is 1.26. The highest BCUT2D eigenvalue weighted by molar-refractivity contribution is 5.87. The number of carboxylic acid groups (broad SMARTS) is 1. The SMILES string of the molecule is C=CCCC(C)Nc1ccc(C(=O)O)cc1. The van der Waals surface area contributed by atoms with Gasteiger partial charge in [-0.1, -0.05) is 6.08 Å². The topological polar surface area (TPSA) is 49.3 Å². The van der Waals surface area contributed by atoms with E-state index in [2.05, 4.69) is 18.8 Å². The number of allylic oxidation sites excluding steroid dienone is 1. The van der Waals surface area contributed by atoms with E-state index in [0.29, 0.717) is 11.6 Å². The molecular weight excluding hydrogens is 202 g/mol.